The van der Waals surface area contributed by atoms with Crippen LogP contribution in [0.25, 0.3) is 0 Å². The maximum Gasteiger partial charge on any atom is 0.293 e. The number of nitrogens with one attached hydrogen (secondary N) is 1. The van der Waals surface area contributed by atoms with Crippen LogP contribution in [0.2, 0.25) is 5.02 Å². The van der Waals surface area contributed by atoms with Crippen molar-refractivity contribution in [3.63, 3.8) is 0 Å². The fraction of sp³-hybridized carbons (Fsp3) is 0.538. The van der Waals surface area contributed by atoms with Crippen molar-refractivity contribution in [2.24, 2.45) is 0 Å². The third-order valence-electron chi connectivity index (χ3n) is 3.71. The van der Waals surface area contributed by atoms with Gasteiger partial charge in [0.25, 0.3) is 5.69 Å². The third kappa shape index (κ3) is 3.34. The number of anilines is 1. The second-order valence-corrected chi connectivity index (χ2v) is 6.58. The predicted molar refractivity (Wildman–Crippen MR) is 81.3 cm³/mol. The lowest BCUT2D eigenvalue weighted by atomic mass is 10.1. The number of nitro groups is 1. The zero-order chi connectivity index (χ0) is 13.9. The third-order valence-corrected chi connectivity index (χ3v) is 5.36. The average molecular weight is 301 g/mol. The highest BCUT2D eigenvalue weighted by molar-refractivity contribution is 8.00. The standard InChI is InChI=1S/C13H17ClN2O2S/c1-19-13(6-2-3-7-13)9-15-11-5-4-10(14)8-12(11)16(17)18/h4-5,8,15H,2-3,6-7,9H2,1H3. The summed E-state index contributed by atoms with van der Waals surface area (Å²) in [5.74, 6) is 0. The van der Waals surface area contributed by atoms with Crippen molar-refractivity contribution in [1.82, 2.24) is 0 Å². The van der Waals surface area contributed by atoms with Crippen LogP contribution >= 0.6 is 23.4 Å². The van der Waals surface area contributed by atoms with Crippen LogP contribution in [0.15, 0.2) is 18.2 Å². The number of hydrogen-bond donors (Lipinski definition) is 1. The van der Waals surface area contributed by atoms with E-state index in [0.717, 1.165) is 6.54 Å². The molecule has 6 heteroatoms. The SMILES string of the molecule is CSC1(CNc2ccc(Cl)cc2[N+](=O)[O-])CCCC1. The van der Waals surface area contributed by atoms with Gasteiger partial charge in [0.05, 0.1) is 4.92 Å². The molecule has 1 fully saturated rings. The second kappa shape index (κ2) is 6.01. The molecule has 0 aromatic heterocycles. The Balaban J connectivity index is 2.13. The molecule has 1 aliphatic carbocycles. The van der Waals surface area contributed by atoms with Crippen LogP contribution in [0.1, 0.15) is 25.7 Å². The Morgan fingerprint density at radius 2 is 2.16 bits per heavy atom. The van der Waals surface area contributed by atoms with E-state index in [1.54, 1.807) is 12.1 Å². The average Bonchev–Trinajstić information content (AvgIpc) is 2.86. The summed E-state index contributed by atoms with van der Waals surface area (Å²) in [5.41, 5.74) is 0.594. The number of nitrogens with zero attached hydrogens (tertiary/aromatic N) is 1. The maximum absolute atomic E-state index is 11.0. The fourth-order valence-corrected chi connectivity index (χ4v) is 3.61. The van der Waals surface area contributed by atoms with Crippen molar-refractivity contribution >= 4 is 34.7 Å². The molecule has 0 atom stereocenters. The van der Waals surface area contributed by atoms with Gasteiger partial charge in [-0.2, -0.15) is 11.8 Å². The van der Waals surface area contributed by atoms with Crippen LogP contribution in [0, 0.1) is 10.1 Å². The molecular formula is C13H17ClN2O2S. The Kier molecular flexibility index (Phi) is 4.58. The maximum atomic E-state index is 11.0. The summed E-state index contributed by atoms with van der Waals surface area (Å²) >= 11 is 7.66. The van der Waals surface area contributed by atoms with E-state index in [0.29, 0.717) is 10.7 Å². The summed E-state index contributed by atoms with van der Waals surface area (Å²) < 4.78 is 0.216. The van der Waals surface area contributed by atoms with Gasteiger partial charge in [0, 0.05) is 22.4 Å². The first kappa shape index (κ1) is 14.5. The first-order chi connectivity index (χ1) is 9.06. The van der Waals surface area contributed by atoms with Gasteiger partial charge < -0.3 is 5.32 Å². The van der Waals surface area contributed by atoms with Gasteiger partial charge in [0.2, 0.25) is 0 Å². The summed E-state index contributed by atoms with van der Waals surface area (Å²) in [4.78, 5) is 10.6. The molecule has 0 saturated heterocycles. The van der Waals surface area contributed by atoms with Crippen LogP contribution in [0.3, 0.4) is 0 Å². The molecule has 0 heterocycles. The lowest BCUT2D eigenvalue weighted by Gasteiger charge is -2.27. The molecule has 1 saturated carbocycles. The Labute approximate surface area is 122 Å². The van der Waals surface area contributed by atoms with Gasteiger partial charge in [-0.05, 0) is 31.2 Å². The quantitative estimate of drug-likeness (QED) is 0.649. The van der Waals surface area contributed by atoms with E-state index < -0.39 is 4.92 Å². The Hall–Kier alpha value is -0.940. The lowest BCUT2D eigenvalue weighted by molar-refractivity contribution is -0.383. The minimum Gasteiger partial charge on any atom is -0.378 e. The number of halogens is 1. The van der Waals surface area contributed by atoms with Crippen molar-refractivity contribution in [1.29, 1.82) is 0 Å². The molecule has 0 spiro atoms. The highest BCUT2D eigenvalue weighted by atomic mass is 35.5. The summed E-state index contributed by atoms with van der Waals surface area (Å²) in [5, 5.41) is 14.6. The van der Waals surface area contributed by atoms with Crippen LogP contribution < -0.4 is 5.32 Å². The van der Waals surface area contributed by atoms with Crippen molar-refractivity contribution in [2.75, 3.05) is 18.1 Å². The van der Waals surface area contributed by atoms with E-state index in [-0.39, 0.29) is 10.4 Å². The molecule has 1 N–H and O–H groups in total. The van der Waals surface area contributed by atoms with Gasteiger partial charge in [0.1, 0.15) is 5.69 Å². The summed E-state index contributed by atoms with van der Waals surface area (Å²) in [6.45, 7) is 0.761. The van der Waals surface area contributed by atoms with E-state index in [1.807, 2.05) is 11.8 Å². The molecule has 0 radical (unpaired) electrons. The molecule has 1 aromatic rings. The molecule has 0 bridgehead atoms. The van der Waals surface area contributed by atoms with E-state index in [4.69, 9.17) is 11.6 Å². The minimum atomic E-state index is -0.394. The molecule has 2 rings (SSSR count). The summed E-state index contributed by atoms with van der Waals surface area (Å²) in [6, 6.07) is 4.76. The van der Waals surface area contributed by atoms with Crippen molar-refractivity contribution in [2.45, 2.75) is 30.4 Å². The lowest BCUT2D eigenvalue weighted by Crippen LogP contribution is -2.30. The fourth-order valence-electron chi connectivity index (χ4n) is 2.53. The molecule has 0 aliphatic heterocycles. The Morgan fingerprint density at radius 1 is 1.47 bits per heavy atom. The first-order valence-corrected chi connectivity index (χ1v) is 7.90. The largest absolute Gasteiger partial charge is 0.378 e. The predicted octanol–water partition coefficient (Wildman–Crippen LogP) is 4.34. The number of benzene rings is 1. The molecule has 4 nitrogen and oxygen atoms in total. The summed E-state index contributed by atoms with van der Waals surface area (Å²) in [7, 11) is 0. The highest BCUT2D eigenvalue weighted by Crippen LogP contribution is 2.40. The van der Waals surface area contributed by atoms with Gasteiger partial charge in [-0.25, -0.2) is 0 Å². The molecule has 0 amide bonds. The Morgan fingerprint density at radius 3 is 2.74 bits per heavy atom. The van der Waals surface area contributed by atoms with Gasteiger partial charge in [-0.3, -0.25) is 10.1 Å². The molecule has 104 valence electrons. The van der Waals surface area contributed by atoms with E-state index in [9.17, 15) is 10.1 Å². The molecule has 1 aliphatic rings. The molecule has 0 unspecified atom stereocenters. The first-order valence-electron chi connectivity index (χ1n) is 6.29. The Bertz CT molecular complexity index is 476. The molecule has 1 aromatic carbocycles. The van der Waals surface area contributed by atoms with Crippen molar-refractivity contribution in [3.8, 4) is 0 Å². The van der Waals surface area contributed by atoms with Crippen molar-refractivity contribution in [3.05, 3.63) is 33.3 Å². The highest BCUT2D eigenvalue weighted by Gasteiger charge is 2.33. The van der Waals surface area contributed by atoms with Crippen LogP contribution in [0.5, 0.6) is 0 Å². The van der Waals surface area contributed by atoms with Gasteiger partial charge in [-0.1, -0.05) is 24.4 Å². The van der Waals surface area contributed by atoms with Gasteiger partial charge in [-0.15, -0.1) is 0 Å². The van der Waals surface area contributed by atoms with Crippen LogP contribution in [-0.4, -0.2) is 22.5 Å². The van der Waals surface area contributed by atoms with E-state index in [2.05, 4.69) is 11.6 Å². The van der Waals surface area contributed by atoms with Crippen molar-refractivity contribution < 1.29 is 4.92 Å². The zero-order valence-corrected chi connectivity index (χ0v) is 12.4. The van der Waals surface area contributed by atoms with E-state index in [1.165, 1.54) is 31.7 Å². The summed E-state index contributed by atoms with van der Waals surface area (Å²) in [6.07, 6.45) is 6.94. The van der Waals surface area contributed by atoms with Gasteiger partial charge >= 0.3 is 0 Å². The zero-order valence-electron chi connectivity index (χ0n) is 10.8. The topological polar surface area (TPSA) is 55.2 Å². The molecular weight excluding hydrogens is 284 g/mol. The second-order valence-electron chi connectivity index (χ2n) is 4.87. The number of hydrogen-bond acceptors (Lipinski definition) is 4. The number of rotatable bonds is 5. The minimum absolute atomic E-state index is 0.0433. The van der Waals surface area contributed by atoms with Gasteiger partial charge in [0.15, 0.2) is 0 Å². The molecule has 19 heavy (non-hydrogen) atoms. The normalized spacial score (nSPS) is 17.4. The van der Waals surface area contributed by atoms with E-state index >= 15 is 0 Å². The monoisotopic (exact) mass is 300 g/mol. The smallest absolute Gasteiger partial charge is 0.293 e. The van der Waals surface area contributed by atoms with Crippen LogP contribution in [0.4, 0.5) is 11.4 Å². The number of thioether (sulfide) groups is 1. The number of nitro benzene ring substituents is 1. The van der Waals surface area contributed by atoms with Crippen LogP contribution in [-0.2, 0) is 0 Å².